The lowest BCUT2D eigenvalue weighted by atomic mass is 9.84. The maximum absolute atomic E-state index is 5.96. The molecule has 1 aromatic carbocycles. The maximum Gasteiger partial charge on any atom is 0.0408 e. The minimum absolute atomic E-state index is 0.800. The zero-order valence-electron chi connectivity index (χ0n) is 8.52. The van der Waals surface area contributed by atoms with Gasteiger partial charge in [0.05, 0.1) is 0 Å². The minimum atomic E-state index is 0.800. The Morgan fingerprint density at radius 1 is 1.43 bits per heavy atom. The second-order valence-electron chi connectivity index (χ2n) is 4.08. The Labute approximate surface area is 90.5 Å². The molecule has 1 N–H and O–H groups in total. The predicted molar refractivity (Wildman–Crippen MR) is 60.9 cm³/mol. The average molecular weight is 210 g/mol. The van der Waals surface area contributed by atoms with Gasteiger partial charge in [0.15, 0.2) is 0 Å². The molecule has 1 atom stereocenters. The first-order valence-corrected chi connectivity index (χ1v) is 5.59. The van der Waals surface area contributed by atoms with Crippen molar-refractivity contribution in [1.29, 1.82) is 0 Å². The number of nitrogens with one attached hydrogen (secondary N) is 1. The summed E-state index contributed by atoms with van der Waals surface area (Å²) in [5, 5.41) is 4.12. The van der Waals surface area contributed by atoms with Gasteiger partial charge in [0, 0.05) is 5.02 Å². The molecule has 1 nitrogen and oxygen atoms in total. The highest BCUT2D eigenvalue weighted by Crippen LogP contribution is 2.27. The van der Waals surface area contributed by atoms with Crippen molar-refractivity contribution in [3.05, 3.63) is 34.3 Å². The number of aryl methyl sites for hydroxylation is 1. The molecule has 0 aromatic heterocycles. The van der Waals surface area contributed by atoms with Gasteiger partial charge in [-0.15, -0.1) is 0 Å². The molecular weight excluding hydrogens is 194 g/mol. The van der Waals surface area contributed by atoms with Crippen molar-refractivity contribution < 1.29 is 0 Å². The number of hydrogen-bond acceptors (Lipinski definition) is 1. The minimum Gasteiger partial charge on any atom is -0.319 e. The topological polar surface area (TPSA) is 12.0 Å². The second kappa shape index (κ2) is 4.33. The van der Waals surface area contributed by atoms with Crippen LogP contribution in [-0.4, -0.2) is 13.6 Å². The van der Waals surface area contributed by atoms with Gasteiger partial charge in [-0.3, -0.25) is 0 Å². The van der Waals surface area contributed by atoms with Gasteiger partial charge in [0.1, 0.15) is 0 Å². The first-order valence-electron chi connectivity index (χ1n) is 5.21. The number of hydrogen-bond donors (Lipinski definition) is 1. The largest absolute Gasteiger partial charge is 0.319 e. The third kappa shape index (κ3) is 2.10. The summed E-state index contributed by atoms with van der Waals surface area (Å²) in [4.78, 5) is 0. The Morgan fingerprint density at radius 2 is 2.29 bits per heavy atom. The van der Waals surface area contributed by atoms with Crippen LogP contribution in [0.4, 0.5) is 0 Å². The van der Waals surface area contributed by atoms with E-state index in [0.29, 0.717) is 0 Å². The molecule has 14 heavy (non-hydrogen) atoms. The molecule has 0 fully saturated rings. The van der Waals surface area contributed by atoms with Gasteiger partial charge in [-0.2, -0.15) is 0 Å². The fraction of sp³-hybridized carbons (Fsp3) is 0.500. The normalized spacial score (nSPS) is 20.6. The molecule has 1 aliphatic rings. The summed E-state index contributed by atoms with van der Waals surface area (Å²) in [6, 6.07) is 6.30. The molecule has 1 aromatic rings. The molecule has 0 spiro atoms. The summed E-state index contributed by atoms with van der Waals surface area (Å²) in [6.45, 7) is 1.13. The van der Waals surface area contributed by atoms with Crippen molar-refractivity contribution in [1.82, 2.24) is 5.32 Å². The van der Waals surface area contributed by atoms with Crippen LogP contribution in [0.1, 0.15) is 17.5 Å². The van der Waals surface area contributed by atoms with E-state index in [-0.39, 0.29) is 0 Å². The smallest absolute Gasteiger partial charge is 0.0408 e. The molecule has 2 heteroatoms. The van der Waals surface area contributed by atoms with E-state index in [9.17, 15) is 0 Å². The van der Waals surface area contributed by atoms with Gasteiger partial charge in [0.25, 0.3) is 0 Å². The monoisotopic (exact) mass is 209 g/mol. The van der Waals surface area contributed by atoms with Gasteiger partial charge in [-0.1, -0.05) is 17.7 Å². The van der Waals surface area contributed by atoms with Gasteiger partial charge in [-0.25, -0.2) is 0 Å². The Morgan fingerprint density at radius 3 is 3.07 bits per heavy atom. The summed E-state index contributed by atoms with van der Waals surface area (Å²) < 4.78 is 0. The summed E-state index contributed by atoms with van der Waals surface area (Å²) in [6.07, 6.45) is 3.67. The lowest BCUT2D eigenvalue weighted by Gasteiger charge is -2.24. The van der Waals surface area contributed by atoms with Gasteiger partial charge >= 0.3 is 0 Å². The SMILES string of the molecule is CNCC1CCc2cc(Cl)ccc2C1. The number of benzene rings is 1. The zero-order chi connectivity index (χ0) is 9.97. The van der Waals surface area contributed by atoms with E-state index < -0.39 is 0 Å². The molecule has 1 aliphatic carbocycles. The third-order valence-corrected chi connectivity index (χ3v) is 3.23. The molecule has 0 saturated carbocycles. The van der Waals surface area contributed by atoms with Crippen LogP contribution >= 0.6 is 11.6 Å². The Kier molecular flexibility index (Phi) is 3.09. The molecule has 0 amide bonds. The Bertz CT molecular complexity index is 322. The van der Waals surface area contributed by atoms with E-state index in [0.717, 1.165) is 17.5 Å². The Hall–Kier alpha value is -0.530. The summed E-state index contributed by atoms with van der Waals surface area (Å²) in [7, 11) is 2.03. The fourth-order valence-corrected chi connectivity index (χ4v) is 2.46. The van der Waals surface area contributed by atoms with Gasteiger partial charge < -0.3 is 5.32 Å². The highest BCUT2D eigenvalue weighted by Gasteiger charge is 2.17. The van der Waals surface area contributed by atoms with E-state index in [1.807, 2.05) is 13.1 Å². The quantitative estimate of drug-likeness (QED) is 0.790. The number of rotatable bonds is 2. The molecular formula is C12H16ClN. The van der Waals surface area contributed by atoms with Crippen LogP contribution in [0.2, 0.25) is 5.02 Å². The van der Waals surface area contributed by atoms with Crippen molar-refractivity contribution in [2.45, 2.75) is 19.3 Å². The predicted octanol–water partition coefficient (Wildman–Crippen LogP) is 2.66. The van der Waals surface area contributed by atoms with E-state index in [2.05, 4.69) is 17.4 Å². The van der Waals surface area contributed by atoms with Crippen LogP contribution in [0.25, 0.3) is 0 Å². The third-order valence-electron chi connectivity index (χ3n) is 2.99. The zero-order valence-corrected chi connectivity index (χ0v) is 9.27. The Balaban J connectivity index is 2.15. The van der Waals surface area contributed by atoms with Gasteiger partial charge in [-0.05, 0) is 62.0 Å². The first kappa shape index (κ1) is 10.0. The molecule has 0 heterocycles. The van der Waals surface area contributed by atoms with Crippen molar-refractivity contribution in [3.63, 3.8) is 0 Å². The van der Waals surface area contributed by atoms with Crippen molar-refractivity contribution in [2.24, 2.45) is 5.92 Å². The molecule has 0 bridgehead atoms. The van der Waals surface area contributed by atoms with Crippen molar-refractivity contribution in [2.75, 3.05) is 13.6 Å². The van der Waals surface area contributed by atoms with Crippen molar-refractivity contribution >= 4 is 11.6 Å². The summed E-state index contributed by atoms with van der Waals surface area (Å²) in [5.74, 6) is 0.800. The van der Waals surface area contributed by atoms with E-state index in [1.54, 1.807) is 0 Å². The summed E-state index contributed by atoms with van der Waals surface area (Å²) in [5.41, 5.74) is 2.94. The maximum atomic E-state index is 5.96. The van der Waals surface area contributed by atoms with Crippen molar-refractivity contribution in [3.8, 4) is 0 Å². The molecule has 2 rings (SSSR count). The van der Waals surface area contributed by atoms with Crippen LogP contribution in [0.5, 0.6) is 0 Å². The highest BCUT2D eigenvalue weighted by atomic mass is 35.5. The van der Waals surface area contributed by atoms with Gasteiger partial charge in [0.2, 0.25) is 0 Å². The fourth-order valence-electron chi connectivity index (χ4n) is 2.26. The second-order valence-corrected chi connectivity index (χ2v) is 4.52. The van der Waals surface area contributed by atoms with Crippen LogP contribution < -0.4 is 5.32 Å². The molecule has 0 aliphatic heterocycles. The van der Waals surface area contributed by atoms with Crippen LogP contribution in [0, 0.1) is 5.92 Å². The lowest BCUT2D eigenvalue weighted by Crippen LogP contribution is -2.24. The van der Waals surface area contributed by atoms with Crippen LogP contribution in [0.3, 0.4) is 0 Å². The molecule has 1 unspecified atom stereocenters. The highest BCUT2D eigenvalue weighted by molar-refractivity contribution is 6.30. The lowest BCUT2D eigenvalue weighted by molar-refractivity contribution is 0.440. The van der Waals surface area contributed by atoms with Crippen LogP contribution in [-0.2, 0) is 12.8 Å². The molecule has 0 saturated heterocycles. The van der Waals surface area contributed by atoms with E-state index in [4.69, 9.17) is 11.6 Å². The van der Waals surface area contributed by atoms with Crippen LogP contribution in [0.15, 0.2) is 18.2 Å². The summed E-state index contributed by atoms with van der Waals surface area (Å²) >= 11 is 5.96. The molecule has 76 valence electrons. The number of fused-ring (bicyclic) bond motifs is 1. The van der Waals surface area contributed by atoms with E-state index in [1.165, 1.54) is 30.4 Å². The average Bonchev–Trinajstić information content (AvgIpc) is 2.19. The first-order chi connectivity index (χ1) is 6.79. The van der Waals surface area contributed by atoms with E-state index >= 15 is 0 Å². The standard InChI is InChI=1S/C12H16ClN/c1-14-8-9-2-3-11-7-12(13)5-4-10(11)6-9/h4-5,7,9,14H,2-3,6,8H2,1H3. The molecule has 0 radical (unpaired) electrons. The number of halogens is 1.